The van der Waals surface area contributed by atoms with Crippen molar-refractivity contribution in [2.45, 2.75) is 69.0 Å². The van der Waals surface area contributed by atoms with Crippen LogP contribution in [0.2, 0.25) is 0 Å². The Bertz CT molecular complexity index is 1180. The summed E-state index contributed by atoms with van der Waals surface area (Å²) < 4.78 is 15.8. The van der Waals surface area contributed by atoms with Gasteiger partial charge in [-0.2, -0.15) is 10.1 Å². The van der Waals surface area contributed by atoms with Crippen LogP contribution >= 0.6 is 0 Å². The van der Waals surface area contributed by atoms with Crippen molar-refractivity contribution in [3.8, 4) is 5.88 Å². The normalized spacial score (nSPS) is 27.4. The highest BCUT2D eigenvalue weighted by molar-refractivity contribution is 6.05. The van der Waals surface area contributed by atoms with Crippen molar-refractivity contribution in [3.63, 3.8) is 0 Å². The van der Waals surface area contributed by atoms with Crippen LogP contribution in [0.15, 0.2) is 24.7 Å². The summed E-state index contributed by atoms with van der Waals surface area (Å²) in [6.07, 6.45) is 13.0. The van der Waals surface area contributed by atoms with Gasteiger partial charge in [-0.05, 0) is 51.9 Å². The van der Waals surface area contributed by atoms with E-state index in [0.29, 0.717) is 29.6 Å². The molecule has 1 saturated heterocycles. The molecule has 9 nitrogen and oxygen atoms in total. The summed E-state index contributed by atoms with van der Waals surface area (Å²) in [6.45, 7) is 2.87. The minimum absolute atomic E-state index is 0.0479. The first-order valence-corrected chi connectivity index (χ1v) is 11.4. The van der Waals surface area contributed by atoms with Crippen LogP contribution in [0.4, 0.5) is 5.82 Å². The second kappa shape index (κ2) is 7.03. The van der Waals surface area contributed by atoms with E-state index < -0.39 is 0 Å². The van der Waals surface area contributed by atoms with E-state index in [0.717, 1.165) is 50.6 Å². The molecule has 3 aromatic heterocycles. The van der Waals surface area contributed by atoms with Gasteiger partial charge in [0.15, 0.2) is 5.82 Å². The summed E-state index contributed by atoms with van der Waals surface area (Å²) in [7, 11) is 1.81. The summed E-state index contributed by atoms with van der Waals surface area (Å²) in [4.78, 5) is 22.7. The standard InChI is InChI=1S/C23H28N6O3/c1-22-8-9-23(13-22,14-31-22)17-12-29-11-16(19(30)25-18-7-10-28(2)27-18)20(26-21(29)24-17)32-15-5-3-4-6-15/h7,10-12,15H,3-6,8-9,13-14H2,1-2H3,(H,25,27,30)/t22-,23-/m1/s1. The predicted octanol–water partition coefficient (Wildman–Crippen LogP) is 3.25. The Morgan fingerprint density at radius 1 is 1.25 bits per heavy atom. The number of anilines is 1. The average Bonchev–Trinajstić information content (AvgIpc) is 3.56. The number of amides is 1. The minimum atomic E-state index is -0.294. The van der Waals surface area contributed by atoms with Gasteiger partial charge < -0.3 is 14.8 Å². The molecule has 0 radical (unpaired) electrons. The number of nitrogens with one attached hydrogen (secondary N) is 1. The van der Waals surface area contributed by atoms with Crippen LogP contribution in [0.1, 0.15) is 67.9 Å². The van der Waals surface area contributed by atoms with Gasteiger partial charge in [0.25, 0.3) is 5.91 Å². The van der Waals surface area contributed by atoms with Gasteiger partial charge in [0, 0.05) is 37.1 Å². The van der Waals surface area contributed by atoms with Gasteiger partial charge >= 0.3 is 0 Å². The lowest BCUT2D eigenvalue weighted by Gasteiger charge is -2.24. The predicted molar refractivity (Wildman–Crippen MR) is 117 cm³/mol. The van der Waals surface area contributed by atoms with E-state index in [-0.39, 0.29) is 23.0 Å². The van der Waals surface area contributed by atoms with Crippen LogP contribution < -0.4 is 10.1 Å². The lowest BCUT2D eigenvalue weighted by Crippen LogP contribution is -2.26. The van der Waals surface area contributed by atoms with Gasteiger partial charge in [-0.3, -0.25) is 13.9 Å². The SMILES string of the molecule is Cn1ccc(NC(=O)c2cn3cc([C@]45CC[C@](C)(C4)OC5)nc3nc2OC2CCCC2)n1. The zero-order chi connectivity index (χ0) is 21.9. The molecule has 0 aromatic carbocycles. The molecule has 1 aliphatic heterocycles. The largest absolute Gasteiger partial charge is 0.474 e. The van der Waals surface area contributed by atoms with E-state index in [1.54, 1.807) is 23.1 Å². The van der Waals surface area contributed by atoms with Crippen molar-refractivity contribution in [2.75, 3.05) is 11.9 Å². The maximum absolute atomic E-state index is 13.2. The molecule has 1 amide bonds. The molecule has 3 aliphatic rings. The molecule has 2 aliphatic carbocycles. The number of ether oxygens (including phenoxy) is 2. The molecule has 2 saturated carbocycles. The molecule has 2 atom stereocenters. The number of carbonyl (C=O) groups is 1. The quantitative estimate of drug-likeness (QED) is 0.660. The van der Waals surface area contributed by atoms with Crippen LogP contribution in [0.3, 0.4) is 0 Å². The van der Waals surface area contributed by atoms with E-state index in [4.69, 9.17) is 19.4 Å². The molecule has 0 unspecified atom stereocenters. The second-order valence-corrected chi connectivity index (χ2v) is 9.84. The smallest absolute Gasteiger partial charge is 0.263 e. The monoisotopic (exact) mass is 436 g/mol. The van der Waals surface area contributed by atoms with Crippen molar-refractivity contribution < 1.29 is 14.3 Å². The molecular formula is C23H28N6O3. The molecular weight excluding hydrogens is 408 g/mol. The first-order chi connectivity index (χ1) is 15.4. The number of aryl methyl sites for hydroxylation is 1. The first kappa shape index (κ1) is 19.7. The first-order valence-electron chi connectivity index (χ1n) is 11.4. The summed E-state index contributed by atoms with van der Waals surface area (Å²) in [5.41, 5.74) is 1.26. The number of rotatable bonds is 5. The van der Waals surface area contributed by atoms with Crippen molar-refractivity contribution in [1.82, 2.24) is 24.1 Å². The fourth-order valence-corrected chi connectivity index (χ4v) is 5.49. The Kier molecular flexibility index (Phi) is 4.33. The van der Waals surface area contributed by atoms with E-state index in [9.17, 15) is 4.79 Å². The van der Waals surface area contributed by atoms with Crippen molar-refractivity contribution >= 4 is 17.5 Å². The zero-order valence-corrected chi connectivity index (χ0v) is 18.5. The Hall–Kier alpha value is -2.94. The van der Waals surface area contributed by atoms with Crippen molar-refractivity contribution in [3.05, 3.63) is 35.9 Å². The maximum atomic E-state index is 13.2. The number of aromatic nitrogens is 5. The number of hydrogen-bond acceptors (Lipinski definition) is 6. The van der Waals surface area contributed by atoms with E-state index in [1.807, 2.05) is 17.6 Å². The van der Waals surface area contributed by atoms with E-state index in [1.165, 1.54) is 0 Å². The second-order valence-electron chi connectivity index (χ2n) is 9.84. The molecule has 4 heterocycles. The van der Waals surface area contributed by atoms with Gasteiger partial charge in [-0.15, -0.1) is 0 Å². The van der Waals surface area contributed by atoms with Gasteiger partial charge in [0.2, 0.25) is 11.7 Å². The third-order valence-electron chi connectivity index (χ3n) is 7.28. The fraction of sp³-hybridized carbons (Fsp3) is 0.565. The molecule has 6 rings (SSSR count). The van der Waals surface area contributed by atoms with E-state index >= 15 is 0 Å². The Morgan fingerprint density at radius 3 is 2.75 bits per heavy atom. The number of carbonyl (C=O) groups excluding carboxylic acids is 1. The minimum Gasteiger partial charge on any atom is -0.474 e. The van der Waals surface area contributed by atoms with E-state index in [2.05, 4.69) is 17.3 Å². The van der Waals surface area contributed by atoms with Crippen LogP contribution in [0, 0.1) is 0 Å². The molecule has 168 valence electrons. The van der Waals surface area contributed by atoms with Crippen LogP contribution in [0.25, 0.3) is 5.78 Å². The van der Waals surface area contributed by atoms with Gasteiger partial charge in [0.1, 0.15) is 11.7 Å². The Balaban J connectivity index is 1.38. The lowest BCUT2D eigenvalue weighted by atomic mass is 9.84. The van der Waals surface area contributed by atoms with Crippen LogP contribution in [0.5, 0.6) is 5.88 Å². The summed E-state index contributed by atoms with van der Waals surface area (Å²) in [5, 5.41) is 7.11. The van der Waals surface area contributed by atoms with Crippen LogP contribution in [-0.4, -0.2) is 48.4 Å². The highest BCUT2D eigenvalue weighted by Gasteiger charge is 2.55. The number of imidazole rings is 1. The van der Waals surface area contributed by atoms with Gasteiger partial charge in [0.05, 0.1) is 17.9 Å². The lowest BCUT2D eigenvalue weighted by molar-refractivity contribution is -0.00627. The number of hydrogen-bond donors (Lipinski definition) is 1. The van der Waals surface area contributed by atoms with Gasteiger partial charge in [-0.25, -0.2) is 4.98 Å². The molecule has 1 N–H and O–H groups in total. The molecule has 3 fully saturated rings. The molecule has 0 spiro atoms. The third-order valence-corrected chi connectivity index (χ3v) is 7.28. The summed E-state index contributed by atoms with van der Waals surface area (Å²) in [5.74, 6) is 1.09. The fourth-order valence-electron chi connectivity index (χ4n) is 5.49. The van der Waals surface area contributed by atoms with Crippen molar-refractivity contribution in [2.24, 2.45) is 7.05 Å². The summed E-state index contributed by atoms with van der Waals surface area (Å²) in [6, 6.07) is 1.76. The summed E-state index contributed by atoms with van der Waals surface area (Å²) >= 11 is 0. The Labute approximate surface area is 186 Å². The topological polar surface area (TPSA) is 95.6 Å². The maximum Gasteiger partial charge on any atom is 0.263 e. The zero-order valence-electron chi connectivity index (χ0n) is 18.5. The highest BCUT2D eigenvalue weighted by atomic mass is 16.5. The third kappa shape index (κ3) is 3.26. The number of fused-ring (bicyclic) bond motifs is 3. The number of nitrogens with zero attached hydrogens (tertiary/aromatic N) is 5. The molecule has 3 aromatic rings. The molecule has 9 heteroatoms. The van der Waals surface area contributed by atoms with Crippen molar-refractivity contribution in [1.29, 1.82) is 0 Å². The highest BCUT2D eigenvalue weighted by Crippen LogP contribution is 2.53. The Morgan fingerprint density at radius 2 is 2.09 bits per heavy atom. The van der Waals surface area contributed by atoms with Crippen LogP contribution in [-0.2, 0) is 17.2 Å². The molecule has 2 bridgehead atoms. The van der Waals surface area contributed by atoms with Gasteiger partial charge in [-0.1, -0.05) is 0 Å². The average molecular weight is 437 g/mol. The molecule has 32 heavy (non-hydrogen) atoms.